The summed E-state index contributed by atoms with van der Waals surface area (Å²) in [6.45, 7) is -0.00511. The molecular weight excluding hydrogens is 248 g/mol. The van der Waals surface area contributed by atoms with E-state index in [2.05, 4.69) is 0 Å². The van der Waals surface area contributed by atoms with Crippen LogP contribution in [0.2, 0.25) is 0 Å². The van der Waals surface area contributed by atoms with Gasteiger partial charge in [-0.25, -0.2) is 4.79 Å². The van der Waals surface area contributed by atoms with E-state index in [0.29, 0.717) is 23.2 Å². The highest BCUT2D eigenvalue weighted by atomic mass is 16.4. The molecule has 0 aliphatic carbocycles. The summed E-state index contributed by atoms with van der Waals surface area (Å²) in [7, 11) is 3.28. The number of carbonyl (C=O) groups excluding carboxylic acids is 1. The van der Waals surface area contributed by atoms with Gasteiger partial charge >= 0.3 is 5.76 Å². The van der Waals surface area contributed by atoms with Crippen LogP contribution in [-0.2, 0) is 11.8 Å². The van der Waals surface area contributed by atoms with E-state index >= 15 is 0 Å². The van der Waals surface area contributed by atoms with E-state index in [1.807, 2.05) is 0 Å². The maximum absolute atomic E-state index is 11.9. The number of aromatic nitrogens is 1. The van der Waals surface area contributed by atoms with Gasteiger partial charge in [0.1, 0.15) is 0 Å². The van der Waals surface area contributed by atoms with Crippen LogP contribution in [0.3, 0.4) is 0 Å². The largest absolute Gasteiger partial charge is 0.419 e. The Morgan fingerprint density at radius 3 is 2.89 bits per heavy atom. The van der Waals surface area contributed by atoms with Gasteiger partial charge < -0.3 is 14.4 Å². The van der Waals surface area contributed by atoms with Crippen molar-refractivity contribution in [3.05, 3.63) is 28.7 Å². The number of benzene rings is 1. The number of hydrogen-bond donors (Lipinski definition) is 1. The Bertz CT molecular complexity index is 656. The third kappa shape index (κ3) is 2.53. The van der Waals surface area contributed by atoms with Crippen LogP contribution in [0.1, 0.15) is 12.8 Å². The van der Waals surface area contributed by atoms with Crippen molar-refractivity contribution < 1.29 is 14.3 Å². The molecule has 0 aliphatic rings. The zero-order valence-corrected chi connectivity index (χ0v) is 10.9. The Balaban J connectivity index is 2.32. The van der Waals surface area contributed by atoms with E-state index < -0.39 is 5.76 Å². The Kier molecular flexibility index (Phi) is 3.71. The molecule has 102 valence electrons. The van der Waals surface area contributed by atoms with Crippen molar-refractivity contribution in [1.29, 1.82) is 0 Å². The van der Waals surface area contributed by atoms with Crippen LogP contribution in [0.5, 0.6) is 0 Å². The second-order valence-electron chi connectivity index (χ2n) is 4.36. The van der Waals surface area contributed by atoms with Crippen molar-refractivity contribution in [2.75, 3.05) is 18.6 Å². The lowest BCUT2D eigenvalue weighted by Crippen LogP contribution is -2.26. The van der Waals surface area contributed by atoms with Crippen molar-refractivity contribution in [2.24, 2.45) is 7.05 Å². The number of rotatable bonds is 4. The minimum absolute atomic E-state index is 0.00511. The molecule has 1 heterocycles. The van der Waals surface area contributed by atoms with Crippen molar-refractivity contribution >= 4 is 22.7 Å². The Morgan fingerprint density at radius 1 is 1.47 bits per heavy atom. The number of aliphatic hydroxyl groups is 1. The summed E-state index contributed by atoms with van der Waals surface area (Å²) in [5.74, 6) is -0.511. The molecular formula is C13H16N2O4. The lowest BCUT2D eigenvalue weighted by molar-refractivity contribution is -0.118. The summed E-state index contributed by atoms with van der Waals surface area (Å²) in [4.78, 5) is 24.7. The van der Waals surface area contributed by atoms with Crippen molar-refractivity contribution in [3.63, 3.8) is 0 Å². The molecule has 0 spiro atoms. The predicted octanol–water partition coefficient (Wildman–Crippen LogP) is 0.867. The number of oxazole rings is 1. The molecule has 1 N–H and O–H groups in total. The molecule has 6 heteroatoms. The fraction of sp³-hybridized carbons (Fsp3) is 0.385. The van der Waals surface area contributed by atoms with Crippen LogP contribution >= 0.6 is 0 Å². The number of carbonyl (C=O) groups is 1. The monoisotopic (exact) mass is 264 g/mol. The van der Waals surface area contributed by atoms with E-state index in [1.54, 1.807) is 32.3 Å². The SMILES string of the molecule is CN(C(=O)CCCO)c1ccc2oc(=O)n(C)c2c1. The summed E-state index contributed by atoms with van der Waals surface area (Å²) in [6, 6.07) is 5.13. The summed E-state index contributed by atoms with van der Waals surface area (Å²) in [5.41, 5.74) is 1.82. The van der Waals surface area contributed by atoms with Gasteiger partial charge in [0.05, 0.1) is 5.52 Å². The van der Waals surface area contributed by atoms with Gasteiger partial charge in [-0.2, -0.15) is 0 Å². The molecule has 6 nitrogen and oxygen atoms in total. The maximum Gasteiger partial charge on any atom is 0.419 e. The summed E-state index contributed by atoms with van der Waals surface area (Å²) < 4.78 is 6.42. The third-order valence-corrected chi connectivity index (χ3v) is 3.09. The van der Waals surface area contributed by atoms with Gasteiger partial charge in [0, 0.05) is 32.8 Å². The average molecular weight is 264 g/mol. The highest BCUT2D eigenvalue weighted by Crippen LogP contribution is 2.21. The van der Waals surface area contributed by atoms with E-state index in [4.69, 9.17) is 9.52 Å². The van der Waals surface area contributed by atoms with Gasteiger partial charge in [0.25, 0.3) is 0 Å². The van der Waals surface area contributed by atoms with Crippen LogP contribution in [0.4, 0.5) is 5.69 Å². The van der Waals surface area contributed by atoms with Crippen LogP contribution in [0, 0.1) is 0 Å². The van der Waals surface area contributed by atoms with Gasteiger partial charge in [0.2, 0.25) is 5.91 Å². The van der Waals surface area contributed by atoms with Gasteiger partial charge in [-0.15, -0.1) is 0 Å². The van der Waals surface area contributed by atoms with Crippen LogP contribution in [-0.4, -0.2) is 29.2 Å². The number of amides is 1. The molecule has 1 aromatic heterocycles. The number of fused-ring (bicyclic) bond motifs is 1. The summed E-state index contributed by atoms with van der Waals surface area (Å²) in [6.07, 6.45) is 0.727. The minimum Gasteiger partial charge on any atom is -0.408 e. The van der Waals surface area contributed by atoms with Crippen LogP contribution in [0.25, 0.3) is 11.1 Å². The molecule has 0 bridgehead atoms. The molecule has 19 heavy (non-hydrogen) atoms. The highest BCUT2D eigenvalue weighted by molar-refractivity contribution is 5.94. The fourth-order valence-corrected chi connectivity index (χ4v) is 1.87. The third-order valence-electron chi connectivity index (χ3n) is 3.09. The molecule has 1 amide bonds. The van der Waals surface area contributed by atoms with E-state index in [0.717, 1.165) is 0 Å². The molecule has 0 radical (unpaired) electrons. The fourth-order valence-electron chi connectivity index (χ4n) is 1.87. The van der Waals surface area contributed by atoms with E-state index in [9.17, 15) is 9.59 Å². The number of aryl methyl sites for hydroxylation is 1. The molecule has 0 atom stereocenters. The lowest BCUT2D eigenvalue weighted by atomic mass is 10.2. The molecule has 2 aromatic rings. The minimum atomic E-state index is -0.429. The van der Waals surface area contributed by atoms with E-state index in [1.165, 1.54) is 9.47 Å². The van der Waals surface area contributed by atoms with Crippen molar-refractivity contribution in [1.82, 2.24) is 4.57 Å². The maximum atomic E-state index is 11.9. The smallest absolute Gasteiger partial charge is 0.408 e. The van der Waals surface area contributed by atoms with Gasteiger partial charge in [0.15, 0.2) is 5.58 Å². The molecule has 2 rings (SSSR count). The van der Waals surface area contributed by atoms with Gasteiger partial charge in [-0.3, -0.25) is 9.36 Å². The number of nitrogens with zero attached hydrogens (tertiary/aromatic N) is 2. The normalized spacial score (nSPS) is 10.9. The number of hydrogen-bond acceptors (Lipinski definition) is 4. The summed E-state index contributed by atoms with van der Waals surface area (Å²) in [5, 5.41) is 8.73. The topological polar surface area (TPSA) is 75.7 Å². The van der Waals surface area contributed by atoms with Gasteiger partial charge in [-0.05, 0) is 24.6 Å². The van der Waals surface area contributed by atoms with Crippen molar-refractivity contribution in [3.8, 4) is 0 Å². The molecule has 1 aromatic carbocycles. The first-order chi connectivity index (χ1) is 9.04. The number of anilines is 1. The first kappa shape index (κ1) is 13.4. The van der Waals surface area contributed by atoms with Crippen LogP contribution in [0.15, 0.2) is 27.4 Å². The Morgan fingerprint density at radius 2 is 2.21 bits per heavy atom. The Labute approximate surface area is 109 Å². The average Bonchev–Trinajstić information content (AvgIpc) is 2.70. The van der Waals surface area contributed by atoms with Gasteiger partial charge in [-0.1, -0.05) is 0 Å². The lowest BCUT2D eigenvalue weighted by Gasteiger charge is -2.17. The molecule has 0 saturated carbocycles. The quantitative estimate of drug-likeness (QED) is 0.889. The molecule has 0 fully saturated rings. The first-order valence-electron chi connectivity index (χ1n) is 6.01. The second-order valence-corrected chi connectivity index (χ2v) is 4.36. The number of aliphatic hydroxyl groups excluding tert-OH is 1. The molecule has 0 saturated heterocycles. The summed E-state index contributed by atoms with van der Waals surface area (Å²) >= 11 is 0. The van der Waals surface area contributed by atoms with Crippen LogP contribution < -0.4 is 10.7 Å². The highest BCUT2D eigenvalue weighted by Gasteiger charge is 2.13. The second kappa shape index (κ2) is 5.27. The van der Waals surface area contributed by atoms with E-state index in [-0.39, 0.29) is 18.9 Å². The first-order valence-corrected chi connectivity index (χ1v) is 6.01. The molecule has 0 unspecified atom stereocenters. The zero-order chi connectivity index (χ0) is 14.0. The molecule has 0 aliphatic heterocycles. The Hall–Kier alpha value is -2.08. The van der Waals surface area contributed by atoms with Crippen molar-refractivity contribution in [2.45, 2.75) is 12.8 Å². The standard InChI is InChI=1S/C13H16N2O4/c1-14(12(17)4-3-7-16)9-5-6-11-10(8-9)15(2)13(18)19-11/h5-6,8,16H,3-4,7H2,1-2H3. The zero-order valence-electron chi connectivity index (χ0n) is 10.9. The predicted molar refractivity (Wildman–Crippen MR) is 71.2 cm³/mol.